The molecule has 1 saturated carbocycles. The van der Waals surface area contributed by atoms with Crippen LogP contribution in [0.25, 0.3) is 0 Å². The van der Waals surface area contributed by atoms with E-state index in [-0.39, 0.29) is 23.4 Å². The number of carbonyl (C=O) groups is 2. The van der Waals surface area contributed by atoms with Gasteiger partial charge in [-0.2, -0.15) is 0 Å². The second kappa shape index (κ2) is 9.34. The second-order valence-electron chi connectivity index (χ2n) is 5.45. The average Bonchev–Trinajstić information content (AvgIpc) is 2.56. The van der Waals surface area contributed by atoms with E-state index in [4.69, 9.17) is 17.1 Å². The van der Waals surface area contributed by atoms with Crippen molar-refractivity contribution >= 4 is 29.0 Å². The summed E-state index contributed by atoms with van der Waals surface area (Å²) >= 11 is 4.97. The van der Waals surface area contributed by atoms with Crippen molar-refractivity contribution in [2.24, 2.45) is 0 Å². The zero-order valence-electron chi connectivity index (χ0n) is 12.8. The van der Waals surface area contributed by atoms with Gasteiger partial charge in [-0.1, -0.05) is 49.6 Å². The first-order chi connectivity index (χ1) is 11.1. The number of nitrogens with one attached hydrogen (secondary N) is 3. The SMILES string of the molecule is O=C(CC(=O)c1ccccc1)NC(=S)NNOC1CCCCC1. The van der Waals surface area contributed by atoms with Crippen LogP contribution in [0, 0.1) is 0 Å². The predicted molar refractivity (Wildman–Crippen MR) is 90.4 cm³/mol. The van der Waals surface area contributed by atoms with Crippen LogP contribution in [-0.4, -0.2) is 22.9 Å². The van der Waals surface area contributed by atoms with E-state index in [0.717, 1.165) is 25.7 Å². The van der Waals surface area contributed by atoms with E-state index in [0.29, 0.717) is 5.56 Å². The number of thiocarbonyl (C=S) groups is 1. The molecule has 0 saturated heterocycles. The summed E-state index contributed by atoms with van der Waals surface area (Å²) in [4.78, 5) is 29.1. The van der Waals surface area contributed by atoms with E-state index in [1.807, 2.05) is 6.07 Å². The summed E-state index contributed by atoms with van der Waals surface area (Å²) in [5.41, 5.74) is 5.64. The Balaban J connectivity index is 1.64. The zero-order valence-corrected chi connectivity index (χ0v) is 13.7. The smallest absolute Gasteiger partial charge is 0.233 e. The third-order valence-corrected chi connectivity index (χ3v) is 3.82. The molecule has 0 unspecified atom stereocenters. The van der Waals surface area contributed by atoms with Gasteiger partial charge in [0.15, 0.2) is 10.9 Å². The first-order valence-electron chi connectivity index (χ1n) is 7.74. The molecule has 7 heteroatoms. The highest BCUT2D eigenvalue weighted by Crippen LogP contribution is 2.19. The Morgan fingerprint density at radius 1 is 1.13 bits per heavy atom. The number of Topliss-reactive ketones (excluding diaryl/α,β-unsaturated/α-hetero) is 1. The van der Waals surface area contributed by atoms with E-state index in [2.05, 4.69) is 16.3 Å². The van der Waals surface area contributed by atoms with Crippen LogP contribution < -0.4 is 16.3 Å². The largest absolute Gasteiger partial charge is 0.302 e. The lowest BCUT2D eigenvalue weighted by atomic mass is 9.98. The van der Waals surface area contributed by atoms with Gasteiger partial charge in [0.05, 0.1) is 12.5 Å². The molecular weight excluding hydrogens is 314 g/mol. The lowest BCUT2D eigenvalue weighted by molar-refractivity contribution is -0.118. The van der Waals surface area contributed by atoms with Gasteiger partial charge < -0.3 is 5.32 Å². The summed E-state index contributed by atoms with van der Waals surface area (Å²) in [7, 11) is 0. The van der Waals surface area contributed by atoms with Gasteiger partial charge >= 0.3 is 0 Å². The average molecular weight is 335 g/mol. The molecule has 3 N–H and O–H groups in total. The molecule has 0 heterocycles. The number of hydrazine groups is 1. The Bertz CT molecular complexity index is 545. The fourth-order valence-corrected chi connectivity index (χ4v) is 2.57. The molecule has 6 nitrogen and oxygen atoms in total. The first-order valence-corrected chi connectivity index (χ1v) is 8.14. The summed E-state index contributed by atoms with van der Waals surface area (Å²) in [6.07, 6.45) is 5.50. The second-order valence-corrected chi connectivity index (χ2v) is 5.86. The van der Waals surface area contributed by atoms with Gasteiger partial charge in [0.25, 0.3) is 0 Å². The van der Waals surface area contributed by atoms with E-state index >= 15 is 0 Å². The molecule has 1 amide bonds. The molecule has 0 aliphatic heterocycles. The fraction of sp³-hybridized carbons (Fsp3) is 0.438. The van der Waals surface area contributed by atoms with Crippen LogP contribution >= 0.6 is 12.2 Å². The van der Waals surface area contributed by atoms with Crippen LogP contribution in [0.3, 0.4) is 0 Å². The molecule has 0 spiro atoms. The van der Waals surface area contributed by atoms with Crippen molar-refractivity contribution in [3.8, 4) is 0 Å². The normalized spacial score (nSPS) is 15.0. The van der Waals surface area contributed by atoms with Gasteiger partial charge in [0.2, 0.25) is 5.91 Å². The van der Waals surface area contributed by atoms with Gasteiger partial charge in [-0.25, -0.2) is 0 Å². The highest BCUT2D eigenvalue weighted by Gasteiger charge is 2.15. The summed E-state index contributed by atoms with van der Waals surface area (Å²) in [6.45, 7) is 0. The molecule has 2 rings (SSSR count). The van der Waals surface area contributed by atoms with E-state index in [1.165, 1.54) is 6.42 Å². The molecule has 1 fully saturated rings. The Labute approximate surface area is 140 Å². The summed E-state index contributed by atoms with van der Waals surface area (Å²) in [6, 6.07) is 8.67. The van der Waals surface area contributed by atoms with Gasteiger partial charge in [-0.15, -0.1) is 5.59 Å². The minimum absolute atomic E-state index is 0.0756. The number of amides is 1. The number of benzene rings is 1. The molecule has 0 radical (unpaired) electrons. The van der Waals surface area contributed by atoms with Gasteiger partial charge in [0, 0.05) is 5.56 Å². The Hall–Kier alpha value is -1.83. The van der Waals surface area contributed by atoms with Gasteiger partial charge in [-0.05, 0) is 25.1 Å². The van der Waals surface area contributed by atoms with Crippen LogP contribution in [0.15, 0.2) is 30.3 Å². The molecule has 1 aromatic carbocycles. The number of carbonyl (C=O) groups excluding carboxylic acids is 2. The minimum atomic E-state index is -0.462. The van der Waals surface area contributed by atoms with Crippen molar-refractivity contribution in [2.45, 2.75) is 44.6 Å². The highest BCUT2D eigenvalue weighted by atomic mass is 32.1. The lowest BCUT2D eigenvalue weighted by Crippen LogP contribution is -2.47. The van der Waals surface area contributed by atoms with Crippen molar-refractivity contribution in [1.82, 2.24) is 16.3 Å². The Morgan fingerprint density at radius 3 is 2.52 bits per heavy atom. The topological polar surface area (TPSA) is 79.5 Å². The van der Waals surface area contributed by atoms with E-state index in [9.17, 15) is 9.59 Å². The van der Waals surface area contributed by atoms with Crippen LogP contribution in [0.1, 0.15) is 48.9 Å². The molecule has 1 aliphatic carbocycles. The summed E-state index contributed by atoms with van der Waals surface area (Å²) in [5.74, 6) is -0.715. The maximum Gasteiger partial charge on any atom is 0.233 e. The van der Waals surface area contributed by atoms with Crippen molar-refractivity contribution in [3.63, 3.8) is 0 Å². The number of hydrogen-bond donors (Lipinski definition) is 3. The molecule has 1 aliphatic rings. The van der Waals surface area contributed by atoms with E-state index in [1.54, 1.807) is 24.3 Å². The highest BCUT2D eigenvalue weighted by molar-refractivity contribution is 7.80. The molecular formula is C16H21N3O3S. The van der Waals surface area contributed by atoms with Crippen molar-refractivity contribution in [1.29, 1.82) is 0 Å². The molecule has 23 heavy (non-hydrogen) atoms. The maximum atomic E-state index is 11.9. The summed E-state index contributed by atoms with van der Waals surface area (Å²) in [5, 5.41) is 2.51. The maximum absolute atomic E-state index is 11.9. The number of rotatable bonds is 6. The number of ketones is 1. The Morgan fingerprint density at radius 2 is 1.83 bits per heavy atom. The zero-order chi connectivity index (χ0) is 16.5. The van der Waals surface area contributed by atoms with Crippen LogP contribution in [0.2, 0.25) is 0 Å². The third kappa shape index (κ3) is 6.43. The van der Waals surface area contributed by atoms with Crippen LogP contribution in [0.5, 0.6) is 0 Å². The Kier molecular flexibility index (Phi) is 7.12. The quantitative estimate of drug-likeness (QED) is 0.319. The molecule has 0 aromatic heterocycles. The fourth-order valence-electron chi connectivity index (χ4n) is 2.42. The molecule has 1 aromatic rings. The standard InChI is InChI=1S/C16H21N3O3S/c20-14(12-7-3-1-4-8-12)11-15(21)17-16(23)18-19-22-13-9-5-2-6-10-13/h1,3-4,7-8,13,19H,2,5-6,9-11H2,(H2,17,18,21,23). The van der Waals surface area contributed by atoms with Crippen molar-refractivity contribution < 1.29 is 14.4 Å². The lowest BCUT2D eigenvalue weighted by Gasteiger charge is -2.22. The van der Waals surface area contributed by atoms with E-state index < -0.39 is 5.91 Å². The predicted octanol–water partition coefficient (Wildman–Crippen LogP) is 2.02. The molecule has 124 valence electrons. The molecule has 0 bridgehead atoms. The van der Waals surface area contributed by atoms with Crippen molar-refractivity contribution in [3.05, 3.63) is 35.9 Å². The molecule has 0 atom stereocenters. The van der Waals surface area contributed by atoms with Crippen LogP contribution in [0.4, 0.5) is 0 Å². The van der Waals surface area contributed by atoms with Crippen molar-refractivity contribution in [2.75, 3.05) is 0 Å². The monoisotopic (exact) mass is 335 g/mol. The first kappa shape index (κ1) is 17.5. The van der Waals surface area contributed by atoms with Crippen LogP contribution in [-0.2, 0) is 9.63 Å². The van der Waals surface area contributed by atoms with Gasteiger partial charge in [-0.3, -0.25) is 19.9 Å². The van der Waals surface area contributed by atoms with Gasteiger partial charge in [0.1, 0.15) is 0 Å². The minimum Gasteiger partial charge on any atom is -0.302 e. The number of hydrogen-bond acceptors (Lipinski definition) is 5. The summed E-state index contributed by atoms with van der Waals surface area (Å²) < 4.78 is 0. The third-order valence-electron chi connectivity index (χ3n) is 3.61.